The van der Waals surface area contributed by atoms with Crippen molar-refractivity contribution in [2.45, 2.75) is 51.0 Å². The molecule has 3 rings (SSSR count). The highest BCUT2D eigenvalue weighted by Crippen LogP contribution is 2.41. The first-order chi connectivity index (χ1) is 6.36. The van der Waals surface area contributed by atoms with E-state index in [9.17, 15) is 0 Å². The smallest absolute Gasteiger partial charge is 0.111 e. The largest absolute Gasteiger partial charge is 0.332 e. The van der Waals surface area contributed by atoms with Gasteiger partial charge in [0.2, 0.25) is 0 Å². The molecule has 0 aromatic carbocycles. The number of hydrogen-bond donors (Lipinski definition) is 0. The second kappa shape index (κ2) is 2.60. The van der Waals surface area contributed by atoms with E-state index in [-0.39, 0.29) is 0 Å². The van der Waals surface area contributed by atoms with Crippen molar-refractivity contribution in [3.63, 3.8) is 0 Å². The molecule has 1 atom stereocenters. The molecule has 1 aliphatic heterocycles. The fourth-order valence-corrected chi connectivity index (χ4v) is 2.41. The molecule has 0 amide bonds. The molecule has 1 unspecified atom stereocenters. The first-order valence-electron chi connectivity index (χ1n) is 5.41. The van der Waals surface area contributed by atoms with Crippen LogP contribution in [0.25, 0.3) is 0 Å². The quantitative estimate of drug-likeness (QED) is 0.643. The standard InChI is InChI=1S/C11H16N2/c1-8-3-2-6-13-10(8)7-12-11(13)9-4-5-9/h7-9H,2-6H2,1H3. The zero-order valence-electron chi connectivity index (χ0n) is 8.16. The molecule has 0 bridgehead atoms. The fourth-order valence-electron chi connectivity index (χ4n) is 2.41. The topological polar surface area (TPSA) is 17.8 Å². The van der Waals surface area contributed by atoms with Gasteiger partial charge in [0, 0.05) is 24.4 Å². The average molecular weight is 176 g/mol. The maximum Gasteiger partial charge on any atom is 0.111 e. The molecule has 2 heterocycles. The van der Waals surface area contributed by atoms with Crippen molar-refractivity contribution >= 4 is 0 Å². The molecule has 1 aliphatic carbocycles. The monoisotopic (exact) mass is 176 g/mol. The van der Waals surface area contributed by atoms with Crippen LogP contribution in [0.1, 0.15) is 56.0 Å². The van der Waals surface area contributed by atoms with E-state index in [2.05, 4.69) is 22.7 Å². The molecule has 13 heavy (non-hydrogen) atoms. The van der Waals surface area contributed by atoms with Crippen molar-refractivity contribution in [1.29, 1.82) is 0 Å². The minimum Gasteiger partial charge on any atom is -0.332 e. The third-order valence-electron chi connectivity index (χ3n) is 3.38. The number of nitrogens with zero attached hydrogens (tertiary/aromatic N) is 2. The Labute approximate surface area is 79.0 Å². The fraction of sp³-hybridized carbons (Fsp3) is 0.727. The number of fused-ring (bicyclic) bond motifs is 1. The summed E-state index contributed by atoms with van der Waals surface area (Å²) in [6.07, 6.45) is 7.52. The Bertz CT molecular complexity index is 309. The third-order valence-corrected chi connectivity index (χ3v) is 3.38. The van der Waals surface area contributed by atoms with Crippen LogP contribution in [-0.4, -0.2) is 9.55 Å². The summed E-state index contributed by atoms with van der Waals surface area (Å²) in [6.45, 7) is 3.54. The van der Waals surface area contributed by atoms with Gasteiger partial charge in [-0.15, -0.1) is 0 Å². The lowest BCUT2D eigenvalue weighted by Gasteiger charge is -2.22. The van der Waals surface area contributed by atoms with E-state index in [4.69, 9.17) is 0 Å². The lowest BCUT2D eigenvalue weighted by molar-refractivity contribution is 0.463. The van der Waals surface area contributed by atoms with Crippen LogP contribution in [0.2, 0.25) is 0 Å². The highest BCUT2D eigenvalue weighted by molar-refractivity contribution is 5.17. The molecular formula is C11H16N2. The van der Waals surface area contributed by atoms with E-state index in [1.807, 2.05) is 0 Å². The summed E-state index contributed by atoms with van der Waals surface area (Å²) in [5.41, 5.74) is 1.48. The minimum atomic E-state index is 0.730. The summed E-state index contributed by atoms with van der Waals surface area (Å²) in [7, 11) is 0. The summed E-state index contributed by atoms with van der Waals surface area (Å²) < 4.78 is 2.48. The molecule has 2 nitrogen and oxygen atoms in total. The van der Waals surface area contributed by atoms with Crippen LogP contribution >= 0.6 is 0 Å². The van der Waals surface area contributed by atoms with Gasteiger partial charge >= 0.3 is 0 Å². The van der Waals surface area contributed by atoms with E-state index in [1.54, 1.807) is 0 Å². The number of imidazole rings is 1. The number of aromatic nitrogens is 2. The highest BCUT2D eigenvalue weighted by Gasteiger charge is 2.31. The molecule has 1 aromatic heterocycles. The van der Waals surface area contributed by atoms with E-state index in [0.29, 0.717) is 0 Å². The van der Waals surface area contributed by atoms with Crippen LogP contribution in [0.4, 0.5) is 0 Å². The number of hydrogen-bond acceptors (Lipinski definition) is 1. The molecule has 1 fully saturated rings. The Morgan fingerprint density at radius 1 is 1.38 bits per heavy atom. The zero-order chi connectivity index (χ0) is 8.84. The van der Waals surface area contributed by atoms with Gasteiger partial charge in [-0.1, -0.05) is 6.92 Å². The maximum absolute atomic E-state index is 4.57. The van der Waals surface area contributed by atoms with Gasteiger partial charge in [0.1, 0.15) is 5.82 Å². The van der Waals surface area contributed by atoms with Crippen molar-refractivity contribution in [2.75, 3.05) is 0 Å². The predicted molar refractivity (Wildman–Crippen MR) is 51.9 cm³/mol. The van der Waals surface area contributed by atoms with E-state index < -0.39 is 0 Å². The normalized spacial score (nSPS) is 27.3. The van der Waals surface area contributed by atoms with Crippen molar-refractivity contribution < 1.29 is 0 Å². The SMILES string of the molecule is CC1CCCn2c1cnc2C1CC1. The number of rotatable bonds is 1. The van der Waals surface area contributed by atoms with Crippen LogP contribution in [-0.2, 0) is 6.54 Å². The predicted octanol–water partition coefficient (Wildman–Crippen LogP) is 2.66. The van der Waals surface area contributed by atoms with E-state index in [1.165, 1.54) is 43.7 Å². The maximum atomic E-state index is 4.57. The van der Waals surface area contributed by atoms with Crippen molar-refractivity contribution in [3.05, 3.63) is 17.7 Å². The summed E-state index contributed by atoms with van der Waals surface area (Å²) >= 11 is 0. The van der Waals surface area contributed by atoms with Crippen LogP contribution < -0.4 is 0 Å². The van der Waals surface area contributed by atoms with Crippen LogP contribution in [0.5, 0.6) is 0 Å². The van der Waals surface area contributed by atoms with Gasteiger partial charge < -0.3 is 4.57 Å². The second-order valence-corrected chi connectivity index (χ2v) is 4.51. The van der Waals surface area contributed by atoms with Crippen molar-refractivity contribution in [2.24, 2.45) is 0 Å². The molecule has 0 N–H and O–H groups in total. The lowest BCUT2D eigenvalue weighted by Crippen LogP contribution is -2.14. The summed E-state index contributed by atoms with van der Waals surface area (Å²) in [6, 6.07) is 0. The molecular weight excluding hydrogens is 160 g/mol. The Kier molecular flexibility index (Phi) is 1.52. The first-order valence-corrected chi connectivity index (χ1v) is 5.41. The van der Waals surface area contributed by atoms with Gasteiger partial charge in [-0.3, -0.25) is 0 Å². The minimum absolute atomic E-state index is 0.730. The van der Waals surface area contributed by atoms with Gasteiger partial charge in [-0.25, -0.2) is 4.98 Å². The highest BCUT2D eigenvalue weighted by atomic mass is 15.1. The molecule has 0 spiro atoms. The summed E-state index contributed by atoms with van der Waals surface area (Å²) in [4.78, 5) is 4.57. The average Bonchev–Trinajstić information content (AvgIpc) is 2.87. The molecule has 0 saturated heterocycles. The van der Waals surface area contributed by atoms with Crippen LogP contribution in [0.3, 0.4) is 0 Å². The Balaban J connectivity index is 2.04. The Hall–Kier alpha value is -0.790. The van der Waals surface area contributed by atoms with Gasteiger partial charge in [-0.05, 0) is 31.6 Å². The van der Waals surface area contributed by atoms with Crippen LogP contribution in [0.15, 0.2) is 6.20 Å². The Morgan fingerprint density at radius 2 is 2.23 bits per heavy atom. The van der Waals surface area contributed by atoms with E-state index in [0.717, 1.165) is 11.8 Å². The van der Waals surface area contributed by atoms with Gasteiger partial charge in [0.15, 0.2) is 0 Å². The van der Waals surface area contributed by atoms with Crippen LogP contribution in [0, 0.1) is 0 Å². The summed E-state index contributed by atoms with van der Waals surface area (Å²) in [5, 5.41) is 0. The molecule has 1 aromatic rings. The third kappa shape index (κ3) is 1.11. The molecule has 2 aliphatic rings. The second-order valence-electron chi connectivity index (χ2n) is 4.51. The molecule has 1 saturated carbocycles. The van der Waals surface area contributed by atoms with Crippen molar-refractivity contribution in [3.8, 4) is 0 Å². The van der Waals surface area contributed by atoms with Crippen molar-refractivity contribution in [1.82, 2.24) is 9.55 Å². The molecule has 70 valence electrons. The van der Waals surface area contributed by atoms with Gasteiger partial charge in [-0.2, -0.15) is 0 Å². The lowest BCUT2D eigenvalue weighted by atomic mass is 9.99. The van der Waals surface area contributed by atoms with E-state index >= 15 is 0 Å². The summed E-state index contributed by atoms with van der Waals surface area (Å²) in [5.74, 6) is 2.91. The Morgan fingerprint density at radius 3 is 3.00 bits per heavy atom. The molecule has 2 heteroatoms. The zero-order valence-corrected chi connectivity index (χ0v) is 8.16. The first kappa shape index (κ1) is 7.60. The van der Waals surface area contributed by atoms with Gasteiger partial charge in [0.25, 0.3) is 0 Å². The molecule has 0 radical (unpaired) electrons. The van der Waals surface area contributed by atoms with Gasteiger partial charge in [0.05, 0.1) is 0 Å².